The normalized spacial score (nSPS) is 12.2. The van der Waals surface area contributed by atoms with E-state index >= 15 is 0 Å². The lowest BCUT2D eigenvalue weighted by atomic mass is 10.1. The van der Waals surface area contributed by atoms with E-state index in [1.54, 1.807) is 0 Å². The van der Waals surface area contributed by atoms with Crippen LogP contribution in [0, 0.1) is 0 Å². The fourth-order valence-corrected chi connectivity index (χ4v) is 1.62. The molecule has 1 nitrogen and oxygen atoms in total. The molecule has 18 heavy (non-hydrogen) atoms. The van der Waals surface area contributed by atoms with Gasteiger partial charge in [0.2, 0.25) is 5.78 Å². The van der Waals surface area contributed by atoms with Gasteiger partial charge in [-0.05, 0) is 25.7 Å². The molecule has 0 aliphatic rings. The van der Waals surface area contributed by atoms with Gasteiger partial charge >= 0.3 is 6.18 Å². The number of alkyl halides is 3. The van der Waals surface area contributed by atoms with Crippen molar-refractivity contribution in [2.45, 2.75) is 70.9 Å². The topological polar surface area (TPSA) is 17.1 Å². The van der Waals surface area contributed by atoms with Crippen LogP contribution in [0.5, 0.6) is 0 Å². The highest BCUT2D eigenvalue weighted by atomic mass is 19.4. The Morgan fingerprint density at radius 3 is 2.11 bits per heavy atom. The molecular weight excluding hydrogens is 241 g/mol. The molecule has 4 heteroatoms. The van der Waals surface area contributed by atoms with Gasteiger partial charge in [-0.25, -0.2) is 0 Å². The molecule has 0 aromatic rings. The summed E-state index contributed by atoms with van der Waals surface area (Å²) in [6.45, 7) is 2.13. The molecule has 0 atom stereocenters. The quantitative estimate of drug-likeness (QED) is 0.391. The van der Waals surface area contributed by atoms with E-state index in [1.807, 2.05) is 0 Å². The predicted molar refractivity (Wildman–Crippen MR) is 67.4 cm³/mol. The lowest BCUT2D eigenvalue weighted by Gasteiger charge is -2.04. The van der Waals surface area contributed by atoms with E-state index in [0.717, 1.165) is 38.5 Å². The Morgan fingerprint density at radius 1 is 0.944 bits per heavy atom. The Morgan fingerprint density at radius 2 is 1.50 bits per heavy atom. The fraction of sp³-hybridized carbons (Fsp3) is 0.786. The molecule has 0 aliphatic carbocycles. The molecular formula is C14H23F3O. The molecule has 0 fully saturated rings. The first-order chi connectivity index (χ1) is 8.48. The van der Waals surface area contributed by atoms with E-state index in [4.69, 9.17) is 0 Å². The summed E-state index contributed by atoms with van der Waals surface area (Å²) in [7, 11) is 0. The van der Waals surface area contributed by atoms with Crippen LogP contribution in [0.15, 0.2) is 12.2 Å². The highest BCUT2D eigenvalue weighted by Crippen LogP contribution is 2.19. The van der Waals surface area contributed by atoms with Gasteiger partial charge in [-0.3, -0.25) is 4.79 Å². The summed E-state index contributed by atoms with van der Waals surface area (Å²) in [6.07, 6.45) is 6.70. The average molecular weight is 264 g/mol. The Balaban J connectivity index is 3.29. The van der Waals surface area contributed by atoms with Gasteiger partial charge in [0.1, 0.15) is 0 Å². The number of ketones is 1. The summed E-state index contributed by atoms with van der Waals surface area (Å²) in [4.78, 5) is 10.6. The van der Waals surface area contributed by atoms with Crippen molar-refractivity contribution in [3.8, 4) is 0 Å². The third-order valence-corrected chi connectivity index (χ3v) is 2.71. The highest BCUT2D eigenvalue weighted by molar-refractivity contribution is 5.83. The van der Waals surface area contributed by atoms with Crippen LogP contribution in [0.4, 0.5) is 13.2 Å². The summed E-state index contributed by atoms with van der Waals surface area (Å²) in [6, 6.07) is 0. The van der Waals surface area contributed by atoms with Gasteiger partial charge in [0.25, 0.3) is 0 Å². The first-order valence-electron chi connectivity index (χ1n) is 6.73. The first kappa shape index (κ1) is 17.2. The highest BCUT2D eigenvalue weighted by Gasteiger charge is 2.36. The van der Waals surface area contributed by atoms with Crippen LogP contribution in [0.3, 0.4) is 0 Å². The first-order valence-corrected chi connectivity index (χ1v) is 6.73. The second-order valence-corrected chi connectivity index (χ2v) is 4.49. The molecule has 0 saturated carbocycles. The minimum absolute atomic E-state index is 0.351. The average Bonchev–Trinajstić information content (AvgIpc) is 2.30. The minimum atomic E-state index is -4.65. The number of Topliss-reactive ketones (excluding diaryl/α,β-unsaturated/α-hetero) is 1. The summed E-state index contributed by atoms with van der Waals surface area (Å²) >= 11 is 0. The standard InChI is InChI=1S/C14H23F3O/c1-2-3-4-5-6-7-8-9-10-11-12-13(18)14(15,16)17/h4-5H,2-3,6-12H2,1H3/b5-4+. The van der Waals surface area contributed by atoms with Gasteiger partial charge < -0.3 is 0 Å². The van der Waals surface area contributed by atoms with Crippen LogP contribution in [0.25, 0.3) is 0 Å². The molecule has 106 valence electrons. The van der Waals surface area contributed by atoms with Gasteiger partial charge in [-0.2, -0.15) is 13.2 Å². The molecule has 0 amide bonds. The zero-order valence-corrected chi connectivity index (χ0v) is 11.1. The number of rotatable bonds is 10. The smallest absolute Gasteiger partial charge is 0.290 e. The number of halogens is 3. The number of allylic oxidation sites excluding steroid dienone is 2. The van der Waals surface area contributed by atoms with Crippen molar-refractivity contribution in [1.29, 1.82) is 0 Å². The maximum Gasteiger partial charge on any atom is 0.449 e. The van der Waals surface area contributed by atoms with E-state index in [0.29, 0.717) is 12.8 Å². The van der Waals surface area contributed by atoms with E-state index in [9.17, 15) is 18.0 Å². The molecule has 0 radical (unpaired) electrons. The van der Waals surface area contributed by atoms with Gasteiger partial charge in [0, 0.05) is 6.42 Å². The molecule has 0 aliphatic heterocycles. The zero-order chi connectivity index (χ0) is 13.9. The molecule has 0 bridgehead atoms. The van der Waals surface area contributed by atoms with Gasteiger partial charge in [0.05, 0.1) is 0 Å². The zero-order valence-electron chi connectivity index (χ0n) is 11.1. The van der Waals surface area contributed by atoms with Gasteiger partial charge in [0.15, 0.2) is 0 Å². The SMILES string of the molecule is CCC/C=C/CCCCCCCC(=O)C(F)(F)F. The lowest BCUT2D eigenvalue weighted by Crippen LogP contribution is -2.22. The summed E-state index contributed by atoms with van der Waals surface area (Å²) in [5.74, 6) is -1.59. The maximum atomic E-state index is 11.9. The molecule has 0 spiro atoms. The molecule has 0 unspecified atom stereocenters. The number of carbonyl (C=O) groups excluding carboxylic acids is 1. The number of hydrogen-bond acceptors (Lipinski definition) is 1. The predicted octanol–water partition coefficient (Wildman–Crippen LogP) is 5.20. The van der Waals surface area contributed by atoms with E-state index in [-0.39, 0.29) is 6.42 Å². The third kappa shape index (κ3) is 10.4. The van der Waals surface area contributed by atoms with Crippen LogP contribution in [-0.4, -0.2) is 12.0 Å². The number of unbranched alkanes of at least 4 members (excludes halogenated alkanes) is 6. The van der Waals surface area contributed by atoms with Crippen LogP contribution in [-0.2, 0) is 4.79 Å². The lowest BCUT2D eigenvalue weighted by molar-refractivity contribution is -0.171. The number of carbonyl (C=O) groups is 1. The van der Waals surface area contributed by atoms with Crippen LogP contribution >= 0.6 is 0 Å². The van der Waals surface area contributed by atoms with Crippen molar-refractivity contribution in [2.75, 3.05) is 0 Å². The summed E-state index contributed by atoms with van der Waals surface area (Å²) in [5.41, 5.74) is 0. The van der Waals surface area contributed by atoms with E-state index in [2.05, 4.69) is 19.1 Å². The van der Waals surface area contributed by atoms with Crippen molar-refractivity contribution in [3.05, 3.63) is 12.2 Å². The third-order valence-electron chi connectivity index (χ3n) is 2.71. The Kier molecular flexibility index (Phi) is 9.70. The Labute approximate surface area is 107 Å². The Bertz CT molecular complexity index is 244. The van der Waals surface area contributed by atoms with Crippen LogP contribution < -0.4 is 0 Å². The van der Waals surface area contributed by atoms with E-state index in [1.165, 1.54) is 0 Å². The van der Waals surface area contributed by atoms with Gasteiger partial charge in [-0.15, -0.1) is 0 Å². The van der Waals surface area contributed by atoms with Crippen molar-refractivity contribution >= 4 is 5.78 Å². The van der Waals surface area contributed by atoms with Gasteiger partial charge in [-0.1, -0.05) is 44.8 Å². The molecule has 0 N–H and O–H groups in total. The largest absolute Gasteiger partial charge is 0.449 e. The minimum Gasteiger partial charge on any atom is -0.290 e. The number of hydrogen-bond donors (Lipinski definition) is 0. The van der Waals surface area contributed by atoms with Crippen molar-refractivity contribution in [3.63, 3.8) is 0 Å². The molecule has 0 saturated heterocycles. The van der Waals surface area contributed by atoms with Crippen LogP contribution in [0.1, 0.15) is 64.7 Å². The molecule has 0 aromatic carbocycles. The maximum absolute atomic E-state index is 11.9. The van der Waals surface area contributed by atoms with Crippen molar-refractivity contribution < 1.29 is 18.0 Å². The molecule has 0 aromatic heterocycles. The fourth-order valence-electron chi connectivity index (χ4n) is 1.62. The summed E-state index contributed by atoms with van der Waals surface area (Å²) < 4.78 is 35.6. The second-order valence-electron chi connectivity index (χ2n) is 4.49. The van der Waals surface area contributed by atoms with Crippen LogP contribution in [0.2, 0.25) is 0 Å². The molecule has 0 heterocycles. The van der Waals surface area contributed by atoms with Crippen molar-refractivity contribution in [2.24, 2.45) is 0 Å². The van der Waals surface area contributed by atoms with Crippen molar-refractivity contribution in [1.82, 2.24) is 0 Å². The molecule has 0 rings (SSSR count). The monoisotopic (exact) mass is 264 g/mol. The second kappa shape index (κ2) is 10.2. The summed E-state index contributed by atoms with van der Waals surface area (Å²) in [5, 5.41) is 0. The Hall–Kier alpha value is -0.800. The van der Waals surface area contributed by atoms with E-state index < -0.39 is 12.0 Å².